The van der Waals surface area contributed by atoms with Crippen LogP contribution in [0.4, 0.5) is 0 Å². The van der Waals surface area contributed by atoms with E-state index in [-0.39, 0.29) is 10.3 Å². The molecular formula is C10H16ClN3O2S. The maximum atomic E-state index is 12.3. The number of alkyl halides is 1. The molecule has 17 heavy (non-hydrogen) atoms. The Balaban J connectivity index is 2.22. The van der Waals surface area contributed by atoms with Crippen LogP contribution in [0.2, 0.25) is 0 Å². The molecule has 1 fully saturated rings. The van der Waals surface area contributed by atoms with E-state index in [4.69, 9.17) is 11.6 Å². The largest absolute Gasteiger partial charge is 0.274 e. The summed E-state index contributed by atoms with van der Waals surface area (Å²) in [4.78, 5) is 0.235. The molecule has 0 saturated carbocycles. The molecule has 0 aromatic carbocycles. The number of halogens is 1. The third-order valence-corrected chi connectivity index (χ3v) is 5.53. The van der Waals surface area contributed by atoms with E-state index in [9.17, 15) is 8.42 Å². The van der Waals surface area contributed by atoms with Crippen molar-refractivity contribution in [3.8, 4) is 0 Å². The van der Waals surface area contributed by atoms with Gasteiger partial charge in [-0.15, -0.1) is 11.6 Å². The van der Waals surface area contributed by atoms with Crippen molar-refractivity contribution in [3.05, 3.63) is 12.4 Å². The average Bonchev–Trinajstić information content (AvgIpc) is 2.69. The van der Waals surface area contributed by atoms with E-state index in [0.717, 1.165) is 6.42 Å². The molecule has 0 N–H and O–H groups in total. The zero-order valence-corrected chi connectivity index (χ0v) is 11.4. The van der Waals surface area contributed by atoms with Crippen LogP contribution in [0.5, 0.6) is 0 Å². The van der Waals surface area contributed by atoms with Gasteiger partial charge >= 0.3 is 0 Å². The summed E-state index contributed by atoms with van der Waals surface area (Å²) in [5, 5.41) is 3.77. The van der Waals surface area contributed by atoms with Crippen molar-refractivity contribution in [2.45, 2.75) is 23.6 Å². The Morgan fingerprint density at radius 2 is 2.24 bits per heavy atom. The van der Waals surface area contributed by atoms with Gasteiger partial charge in [-0.3, -0.25) is 4.68 Å². The van der Waals surface area contributed by atoms with Gasteiger partial charge < -0.3 is 0 Å². The fourth-order valence-electron chi connectivity index (χ4n) is 1.89. The highest BCUT2D eigenvalue weighted by Crippen LogP contribution is 2.26. The summed E-state index contributed by atoms with van der Waals surface area (Å²) in [6, 6.07) is 0. The summed E-state index contributed by atoms with van der Waals surface area (Å²) in [6.07, 6.45) is 3.68. The van der Waals surface area contributed by atoms with E-state index < -0.39 is 10.0 Å². The molecule has 1 aromatic heterocycles. The first-order valence-electron chi connectivity index (χ1n) is 5.54. The van der Waals surface area contributed by atoms with Crippen molar-refractivity contribution in [1.82, 2.24) is 14.1 Å². The van der Waals surface area contributed by atoms with Crippen LogP contribution in [0, 0.1) is 5.92 Å². The predicted octanol–water partition coefficient (Wildman–Crippen LogP) is 1.06. The normalized spacial score (nSPS) is 27.2. The number of aromatic nitrogens is 2. The summed E-state index contributed by atoms with van der Waals surface area (Å²) < 4.78 is 27.5. The van der Waals surface area contributed by atoms with Gasteiger partial charge in [0.1, 0.15) is 4.90 Å². The van der Waals surface area contributed by atoms with Crippen molar-refractivity contribution in [1.29, 1.82) is 0 Å². The second-order valence-electron chi connectivity index (χ2n) is 4.49. The lowest BCUT2D eigenvalue weighted by molar-refractivity contribution is 0.293. The number of hydrogen-bond donors (Lipinski definition) is 0. The summed E-state index contributed by atoms with van der Waals surface area (Å²) >= 11 is 6.13. The SMILES string of the molecule is CC1CCN(S(=O)(=O)c2cnn(C)c2)CC1Cl. The maximum Gasteiger partial charge on any atom is 0.246 e. The molecule has 0 radical (unpaired) electrons. The highest BCUT2D eigenvalue weighted by Gasteiger charge is 2.33. The molecule has 1 aliphatic rings. The molecule has 2 heterocycles. The second kappa shape index (κ2) is 4.59. The zero-order valence-electron chi connectivity index (χ0n) is 9.88. The zero-order chi connectivity index (χ0) is 12.6. The number of hydrogen-bond acceptors (Lipinski definition) is 3. The van der Waals surface area contributed by atoms with Crippen LogP contribution in [0.25, 0.3) is 0 Å². The summed E-state index contributed by atoms with van der Waals surface area (Å²) in [5.74, 6) is 0.358. The molecule has 1 aromatic rings. The minimum absolute atomic E-state index is 0.116. The fraction of sp³-hybridized carbons (Fsp3) is 0.700. The van der Waals surface area contributed by atoms with Crippen molar-refractivity contribution in [3.63, 3.8) is 0 Å². The van der Waals surface area contributed by atoms with Crippen LogP contribution in [0.1, 0.15) is 13.3 Å². The first-order chi connectivity index (χ1) is 7.91. The smallest absolute Gasteiger partial charge is 0.246 e. The van der Waals surface area contributed by atoms with Crippen molar-refractivity contribution < 1.29 is 8.42 Å². The van der Waals surface area contributed by atoms with Gasteiger partial charge in [0, 0.05) is 31.7 Å². The first-order valence-corrected chi connectivity index (χ1v) is 7.42. The van der Waals surface area contributed by atoms with E-state index in [0.29, 0.717) is 19.0 Å². The monoisotopic (exact) mass is 277 g/mol. The molecule has 2 rings (SSSR count). The van der Waals surface area contributed by atoms with Gasteiger partial charge in [-0.2, -0.15) is 9.40 Å². The topological polar surface area (TPSA) is 55.2 Å². The Bertz CT molecular complexity index is 499. The molecule has 2 atom stereocenters. The quantitative estimate of drug-likeness (QED) is 0.760. The van der Waals surface area contributed by atoms with Crippen LogP contribution >= 0.6 is 11.6 Å². The fourth-order valence-corrected chi connectivity index (χ4v) is 3.73. The highest BCUT2D eigenvalue weighted by atomic mass is 35.5. The lowest BCUT2D eigenvalue weighted by Gasteiger charge is -2.32. The van der Waals surface area contributed by atoms with Crippen molar-refractivity contribution >= 4 is 21.6 Å². The van der Waals surface area contributed by atoms with Crippen LogP contribution in [-0.4, -0.2) is 41.0 Å². The van der Waals surface area contributed by atoms with Crippen LogP contribution in [0.15, 0.2) is 17.3 Å². The predicted molar refractivity (Wildman–Crippen MR) is 65.4 cm³/mol. The van der Waals surface area contributed by atoms with Gasteiger partial charge in [-0.1, -0.05) is 6.92 Å². The maximum absolute atomic E-state index is 12.3. The van der Waals surface area contributed by atoms with Gasteiger partial charge in [-0.25, -0.2) is 8.42 Å². The molecule has 0 spiro atoms. The Kier molecular flexibility index (Phi) is 3.47. The number of sulfonamides is 1. The number of piperidine rings is 1. The Morgan fingerprint density at radius 3 is 2.76 bits per heavy atom. The van der Waals surface area contributed by atoms with E-state index in [1.807, 2.05) is 6.92 Å². The molecule has 0 bridgehead atoms. The van der Waals surface area contributed by atoms with E-state index in [2.05, 4.69) is 5.10 Å². The lowest BCUT2D eigenvalue weighted by Crippen LogP contribution is -2.43. The molecule has 0 aliphatic carbocycles. The summed E-state index contributed by atoms with van der Waals surface area (Å²) in [7, 11) is -1.74. The minimum atomic E-state index is -3.43. The highest BCUT2D eigenvalue weighted by molar-refractivity contribution is 7.89. The van der Waals surface area contributed by atoms with Gasteiger partial charge in [0.25, 0.3) is 0 Å². The second-order valence-corrected chi connectivity index (χ2v) is 6.99. The molecule has 7 heteroatoms. The van der Waals surface area contributed by atoms with Gasteiger partial charge in [0.15, 0.2) is 0 Å². The van der Waals surface area contributed by atoms with Crippen LogP contribution < -0.4 is 0 Å². The van der Waals surface area contributed by atoms with Gasteiger partial charge in [0.2, 0.25) is 10.0 Å². The van der Waals surface area contributed by atoms with Gasteiger partial charge in [0.05, 0.1) is 6.20 Å². The Hall–Kier alpha value is -0.590. The van der Waals surface area contributed by atoms with Crippen molar-refractivity contribution in [2.75, 3.05) is 13.1 Å². The molecule has 1 aliphatic heterocycles. The molecule has 5 nitrogen and oxygen atoms in total. The van der Waals surface area contributed by atoms with E-state index in [1.165, 1.54) is 21.4 Å². The Morgan fingerprint density at radius 1 is 1.53 bits per heavy atom. The molecular weight excluding hydrogens is 262 g/mol. The third kappa shape index (κ3) is 2.48. The van der Waals surface area contributed by atoms with E-state index >= 15 is 0 Å². The average molecular weight is 278 g/mol. The van der Waals surface area contributed by atoms with Crippen LogP contribution in [0.3, 0.4) is 0 Å². The van der Waals surface area contributed by atoms with E-state index in [1.54, 1.807) is 7.05 Å². The standard InChI is InChI=1S/C10H16ClN3O2S/c1-8-3-4-14(7-10(8)11)17(15,16)9-5-12-13(2)6-9/h5-6,8,10H,3-4,7H2,1-2H3. The summed E-state index contributed by atoms with van der Waals surface area (Å²) in [6.45, 7) is 2.95. The molecule has 96 valence electrons. The number of aryl methyl sites for hydroxylation is 1. The molecule has 1 saturated heterocycles. The molecule has 0 amide bonds. The lowest BCUT2D eigenvalue weighted by atomic mass is 10.0. The molecule has 2 unspecified atom stereocenters. The Labute approximate surface area is 106 Å². The van der Waals surface area contributed by atoms with Crippen LogP contribution in [-0.2, 0) is 17.1 Å². The van der Waals surface area contributed by atoms with Crippen molar-refractivity contribution in [2.24, 2.45) is 13.0 Å². The summed E-state index contributed by atoms with van der Waals surface area (Å²) in [5.41, 5.74) is 0. The first kappa shape index (κ1) is 12.9. The van der Waals surface area contributed by atoms with Gasteiger partial charge in [-0.05, 0) is 12.3 Å². The third-order valence-electron chi connectivity index (χ3n) is 3.15. The number of rotatable bonds is 2. The number of nitrogens with zero attached hydrogens (tertiary/aromatic N) is 3. The minimum Gasteiger partial charge on any atom is -0.274 e.